The van der Waals surface area contributed by atoms with Crippen LogP contribution in [-0.2, 0) is 12.7 Å². The fourth-order valence-electron chi connectivity index (χ4n) is 2.07. The van der Waals surface area contributed by atoms with Crippen LogP contribution in [0.3, 0.4) is 0 Å². The molecule has 0 bridgehead atoms. The van der Waals surface area contributed by atoms with Crippen molar-refractivity contribution >= 4 is 28.8 Å². The number of hydrogen-bond donors (Lipinski definition) is 1. The lowest BCUT2D eigenvalue weighted by atomic mass is 10.2. The summed E-state index contributed by atoms with van der Waals surface area (Å²) in [5.74, 6) is -1.45. The van der Waals surface area contributed by atoms with Crippen LogP contribution in [0.25, 0.3) is 11.0 Å². The number of aromatic nitrogens is 2. The predicted molar refractivity (Wildman–Crippen MR) is 74.7 cm³/mol. The van der Waals surface area contributed by atoms with E-state index in [9.17, 15) is 18.0 Å². The standard InChI is InChI=1S/C13H13F3N2O2S/c1-21-6-2-5-18-10-7-8(11(19)20)3-4-9(10)17-12(18)13(14,15)16/h3-4,7H,2,5-6H2,1H3,(H,19,20). The molecule has 0 fully saturated rings. The van der Waals surface area contributed by atoms with Crippen LogP contribution in [0.2, 0.25) is 0 Å². The third-order valence-electron chi connectivity index (χ3n) is 2.98. The van der Waals surface area contributed by atoms with Gasteiger partial charge in [-0.15, -0.1) is 0 Å². The van der Waals surface area contributed by atoms with Crippen LogP contribution < -0.4 is 0 Å². The minimum Gasteiger partial charge on any atom is -0.478 e. The molecule has 8 heteroatoms. The Balaban J connectivity index is 2.56. The minimum absolute atomic E-state index is 0.0535. The van der Waals surface area contributed by atoms with E-state index in [-0.39, 0.29) is 23.1 Å². The molecule has 2 aromatic rings. The largest absolute Gasteiger partial charge is 0.478 e. The normalized spacial score (nSPS) is 12.0. The molecule has 0 spiro atoms. The predicted octanol–water partition coefficient (Wildman–Crippen LogP) is 3.51. The van der Waals surface area contributed by atoms with Gasteiger partial charge in [-0.2, -0.15) is 24.9 Å². The Bertz CT molecular complexity index is 667. The number of rotatable bonds is 5. The first kappa shape index (κ1) is 15.7. The first-order valence-corrected chi connectivity index (χ1v) is 7.53. The number of carbonyl (C=O) groups is 1. The minimum atomic E-state index is -4.57. The number of aromatic carboxylic acids is 1. The second-order valence-electron chi connectivity index (χ2n) is 4.44. The maximum atomic E-state index is 13.1. The van der Waals surface area contributed by atoms with Gasteiger partial charge in [-0.25, -0.2) is 9.78 Å². The van der Waals surface area contributed by atoms with E-state index in [1.165, 1.54) is 18.2 Å². The fraction of sp³-hybridized carbons (Fsp3) is 0.385. The lowest BCUT2D eigenvalue weighted by molar-refractivity contribution is -0.146. The van der Waals surface area contributed by atoms with E-state index in [1.807, 2.05) is 6.26 Å². The number of carboxylic acid groups (broad SMARTS) is 1. The number of hydrogen-bond acceptors (Lipinski definition) is 3. The molecule has 0 aliphatic heterocycles. The zero-order valence-corrected chi connectivity index (χ0v) is 12.0. The first-order chi connectivity index (χ1) is 9.84. The van der Waals surface area contributed by atoms with Crippen molar-refractivity contribution in [1.82, 2.24) is 9.55 Å². The summed E-state index contributed by atoms with van der Waals surface area (Å²) in [7, 11) is 0. The van der Waals surface area contributed by atoms with Crippen molar-refractivity contribution in [3.63, 3.8) is 0 Å². The Labute approximate surface area is 123 Å². The van der Waals surface area contributed by atoms with Crippen molar-refractivity contribution in [3.05, 3.63) is 29.6 Å². The highest BCUT2D eigenvalue weighted by Crippen LogP contribution is 2.32. The molecule has 2 rings (SSSR count). The van der Waals surface area contributed by atoms with Crippen molar-refractivity contribution in [2.75, 3.05) is 12.0 Å². The Morgan fingerprint density at radius 1 is 1.43 bits per heavy atom. The van der Waals surface area contributed by atoms with E-state index in [0.29, 0.717) is 6.42 Å². The Hall–Kier alpha value is -1.70. The average molecular weight is 318 g/mol. The topological polar surface area (TPSA) is 55.1 Å². The zero-order valence-electron chi connectivity index (χ0n) is 11.1. The molecule has 1 heterocycles. The molecule has 0 radical (unpaired) electrons. The van der Waals surface area contributed by atoms with Crippen LogP contribution in [0.1, 0.15) is 22.6 Å². The number of imidazole rings is 1. The number of benzene rings is 1. The second kappa shape index (κ2) is 5.97. The molecule has 4 nitrogen and oxygen atoms in total. The van der Waals surface area contributed by atoms with Gasteiger partial charge in [-0.3, -0.25) is 0 Å². The van der Waals surface area contributed by atoms with Gasteiger partial charge in [-0.1, -0.05) is 0 Å². The van der Waals surface area contributed by atoms with Crippen molar-refractivity contribution < 1.29 is 23.1 Å². The number of alkyl halides is 3. The van der Waals surface area contributed by atoms with Crippen molar-refractivity contribution in [1.29, 1.82) is 0 Å². The van der Waals surface area contributed by atoms with Gasteiger partial charge >= 0.3 is 12.1 Å². The van der Waals surface area contributed by atoms with Crippen LogP contribution in [0, 0.1) is 0 Å². The molecule has 1 N–H and O–H groups in total. The Morgan fingerprint density at radius 2 is 2.14 bits per heavy atom. The SMILES string of the molecule is CSCCCn1c(C(F)(F)F)nc2ccc(C(=O)O)cc21. The quantitative estimate of drug-likeness (QED) is 0.857. The highest BCUT2D eigenvalue weighted by Gasteiger charge is 2.37. The van der Waals surface area contributed by atoms with Crippen LogP contribution >= 0.6 is 11.8 Å². The molecule has 0 unspecified atom stereocenters. The molecule has 0 aliphatic rings. The first-order valence-electron chi connectivity index (χ1n) is 6.14. The van der Waals surface area contributed by atoms with E-state index in [1.54, 1.807) is 11.8 Å². The van der Waals surface area contributed by atoms with Crippen LogP contribution in [0.5, 0.6) is 0 Å². The number of aryl methyl sites for hydroxylation is 1. The second-order valence-corrected chi connectivity index (χ2v) is 5.43. The van der Waals surface area contributed by atoms with E-state index in [4.69, 9.17) is 5.11 Å². The van der Waals surface area contributed by atoms with Gasteiger partial charge < -0.3 is 9.67 Å². The van der Waals surface area contributed by atoms with Gasteiger partial charge in [0.2, 0.25) is 5.82 Å². The van der Waals surface area contributed by atoms with Crippen LogP contribution in [-0.4, -0.2) is 32.6 Å². The Kier molecular flexibility index (Phi) is 4.46. The molecule has 21 heavy (non-hydrogen) atoms. The maximum absolute atomic E-state index is 13.1. The van der Waals surface area contributed by atoms with Crippen molar-refractivity contribution in [3.8, 4) is 0 Å². The number of halogens is 3. The average Bonchev–Trinajstić information content (AvgIpc) is 2.77. The number of nitrogens with zero attached hydrogens (tertiary/aromatic N) is 2. The molecule has 0 saturated carbocycles. The molecule has 0 saturated heterocycles. The molecule has 1 aromatic carbocycles. The third kappa shape index (κ3) is 3.31. The molecule has 0 amide bonds. The van der Waals surface area contributed by atoms with Crippen LogP contribution in [0.15, 0.2) is 18.2 Å². The monoisotopic (exact) mass is 318 g/mol. The van der Waals surface area contributed by atoms with E-state index in [0.717, 1.165) is 10.3 Å². The Morgan fingerprint density at radius 3 is 2.71 bits per heavy atom. The maximum Gasteiger partial charge on any atom is 0.449 e. The lowest BCUT2D eigenvalue weighted by Crippen LogP contribution is -2.15. The fourth-order valence-corrected chi connectivity index (χ4v) is 2.48. The summed E-state index contributed by atoms with van der Waals surface area (Å²) in [5, 5.41) is 8.96. The summed E-state index contributed by atoms with van der Waals surface area (Å²) in [5.41, 5.74) is 0.294. The van der Waals surface area contributed by atoms with Gasteiger partial charge in [0.1, 0.15) is 0 Å². The lowest BCUT2D eigenvalue weighted by Gasteiger charge is -2.11. The number of thioether (sulfide) groups is 1. The number of carboxylic acids is 1. The highest BCUT2D eigenvalue weighted by molar-refractivity contribution is 7.98. The summed E-state index contributed by atoms with van der Waals surface area (Å²) < 4.78 is 40.2. The molecular formula is C13H13F3N2O2S. The summed E-state index contributed by atoms with van der Waals surface area (Å²) in [6.45, 7) is 0.148. The molecule has 114 valence electrons. The third-order valence-corrected chi connectivity index (χ3v) is 3.68. The summed E-state index contributed by atoms with van der Waals surface area (Å²) in [6.07, 6.45) is -2.14. The molecule has 0 atom stereocenters. The van der Waals surface area contributed by atoms with Gasteiger partial charge in [0, 0.05) is 6.54 Å². The smallest absolute Gasteiger partial charge is 0.449 e. The van der Waals surface area contributed by atoms with E-state index >= 15 is 0 Å². The van der Waals surface area contributed by atoms with Gasteiger partial charge in [0.25, 0.3) is 0 Å². The molecular weight excluding hydrogens is 305 g/mol. The van der Waals surface area contributed by atoms with Gasteiger partial charge in [-0.05, 0) is 36.6 Å². The van der Waals surface area contributed by atoms with E-state index < -0.39 is 18.0 Å². The summed E-state index contributed by atoms with van der Waals surface area (Å²) >= 11 is 1.54. The number of fused-ring (bicyclic) bond motifs is 1. The van der Waals surface area contributed by atoms with Crippen LogP contribution in [0.4, 0.5) is 13.2 Å². The zero-order chi connectivity index (χ0) is 15.6. The summed E-state index contributed by atoms with van der Waals surface area (Å²) in [6, 6.07) is 3.79. The highest BCUT2D eigenvalue weighted by atomic mass is 32.2. The van der Waals surface area contributed by atoms with E-state index in [2.05, 4.69) is 4.98 Å². The van der Waals surface area contributed by atoms with Crippen molar-refractivity contribution in [2.24, 2.45) is 0 Å². The van der Waals surface area contributed by atoms with Gasteiger partial charge in [0.15, 0.2) is 0 Å². The summed E-state index contributed by atoms with van der Waals surface area (Å²) in [4.78, 5) is 14.6. The van der Waals surface area contributed by atoms with Gasteiger partial charge in [0.05, 0.1) is 16.6 Å². The molecule has 0 aliphatic carbocycles. The van der Waals surface area contributed by atoms with Crippen molar-refractivity contribution in [2.45, 2.75) is 19.1 Å². The molecule has 1 aromatic heterocycles.